The number of aromatic nitrogens is 1. The normalized spacial score (nSPS) is 21.2. The largest absolute Gasteiger partial charge is 0.490 e. The number of nitrogens with zero attached hydrogens (tertiary/aromatic N) is 4. The zero-order valence-corrected chi connectivity index (χ0v) is 78.7. The third-order valence-corrected chi connectivity index (χ3v) is 23.7. The van der Waals surface area contributed by atoms with Crippen LogP contribution in [0.3, 0.4) is 0 Å². The molecule has 0 spiro atoms. The first-order valence-corrected chi connectivity index (χ1v) is 45.4. The second-order valence-corrected chi connectivity index (χ2v) is 36.1. The quantitative estimate of drug-likeness (QED) is 0.00854. The van der Waals surface area contributed by atoms with E-state index in [2.05, 4.69) is 106 Å². The summed E-state index contributed by atoms with van der Waals surface area (Å²) in [5.74, 6) is 0.847. The number of carbonyl (C=O) groups is 2. The molecule has 0 bridgehead atoms. The Balaban J connectivity index is 0.000000228. The number of alkyl halides is 1. The van der Waals surface area contributed by atoms with E-state index in [-0.39, 0.29) is 71.5 Å². The first kappa shape index (κ1) is 107. The number of nitro benzene ring substituents is 3. The van der Waals surface area contributed by atoms with Crippen LogP contribution in [0.5, 0.6) is 0 Å². The van der Waals surface area contributed by atoms with Gasteiger partial charge in [-0.3, -0.25) is 44.9 Å². The number of anilines is 1. The van der Waals surface area contributed by atoms with E-state index in [4.69, 9.17) is 41.7 Å². The predicted octanol–water partition coefficient (Wildman–Crippen LogP) is 23.9. The highest BCUT2D eigenvalue weighted by Gasteiger charge is 2.53. The molecule has 8 aromatic rings. The van der Waals surface area contributed by atoms with E-state index in [1.54, 1.807) is 37.6 Å². The molecule has 0 radical (unpaired) electrons. The molecule has 7 aromatic carbocycles. The monoisotopic (exact) mass is 1900 g/mol. The van der Waals surface area contributed by atoms with Crippen LogP contribution in [0, 0.1) is 94.9 Å². The number of nitrogens with two attached hydrogens (primary N) is 4. The molecule has 6 aliphatic rings. The van der Waals surface area contributed by atoms with Crippen LogP contribution in [0.4, 0.5) is 44.7 Å². The van der Waals surface area contributed by atoms with Crippen molar-refractivity contribution in [3.63, 3.8) is 0 Å². The molecular formula is C99H126BBr2F5N8O13. The van der Waals surface area contributed by atoms with Crippen molar-refractivity contribution in [2.75, 3.05) is 38.0 Å². The Labute approximate surface area is 767 Å². The smallest absolute Gasteiger partial charge is 0.400 e. The lowest BCUT2D eigenvalue weighted by Crippen LogP contribution is -2.41. The van der Waals surface area contributed by atoms with Gasteiger partial charge in [-0.1, -0.05) is 170 Å². The summed E-state index contributed by atoms with van der Waals surface area (Å²) in [6.45, 7) is 29.0. The summed E-state index contributed by atoms with van der Waals surface area (Å²) in [5.41, 5.74) is 30.6. The van der Waals surface area contributed by atoms with Gasteiger partial charge in [0.25, 0.3) is 0 Å². The first-order chi connectivity index (χ1) is 60.7. The topological polar surface area (TPSA) is 327 Å². The highest BCUT2D eigenvalue weighted by atomic mass is 79.9. The third kappa shape index (κ3) is 35.1. The average molecular weight is 1900 g/mol. The molecule has 2 heterocycles. The molecule has 3 fully saturated rings. The van der Waals surface area contributed by atoms with Gasteiger partial charge >= 0.3 is 24.2 Å². The van der Waals surface area contributed by atoms with Gasteiger partial charge in [0.2, 0.25) is 17.5 Å². The fourth-order valence-electron chi connectivity index (χ4n) is 16.1. The van der Waals surface area contributed by atoms with Gasteiger partial charge in [-0.15, -0.1) is 0 Å². The van der Waals surface area contributed by atoms with Crippen LogP contribution in [0.15, 0.2) is 205 Å². The SMILES string of the molecule is C=CC(OCC)OCC.CC1CC(=O)C=C(B2OC(C)(C)C(C)(C)O2)C1.CC1CC(=O)C=C(c2ccc(F)c([N+](=O)[O-])c2)C1.CC1CC(N)CC(c2ccc(F)c(N)c2)C1.CC1CC(c2ccc(F)c([N+](=O)[O-])c2)=CC(CCc2ccccc2)C1.COCCBr.C[C@H]1C[C@@H](N)C[C@@H](c2ccc(F)c3ncccc23)C1.NCc1ccccc1.O=[N+]([O-])c1cc(Br)ccc1F. The predicted molar refractivity (Wildman–Crippen MR) is 508 cm³/mol. The summed E-state index contributed by atoms with van der Waals surface area (Å²) in [4.78, 5) is 56.8. The van der Waals surface area contributed by atoms with E-state index in [9.17, 15) is 61.9 Å². The number of halogens is 7. The molecule has 692 valence electrons. The van der Waals surface area contributed by atoms with Crippen LogP contribution >= 0.6 is 31.9 Å². The highest BCUT2D eigenvalue weighted by molar-refractivity contribution is 9.10. The van der Waals surface area contributed by atoms with Gasteiger partial charge in [0, 0.05) is 91.4 Å². The molecule has 5 aliphatic carbocycles. The molecular weight excluding hydrogens is 1770 g/mol. The van der Waals surface area contributed by atoms with Crippen LogP contribution in [-0.2, 0) is 46.1 Å². The molecule has 1 aromatic heterocycles. The lowest BCUT2D eigenvalue weighted by Gasteiger charge is -2.32. The van der Waals surface area contributed by atoms with E-state index >= 15 is 0 Å². The molecule has 128 heavy (non-hydrogen) atoms. The van der Waals surface area contributed by atoms with Gasteiger partial charge in [0.15, 0.2) is 17.9 Å². The summed E-state index contributed by atoms with van der Waals surface area (Å²) in [5, 5.41) is 33.6. The maximum atomic E-state index is 13.8. The van der Waals surface area contributed by atoms with Crippen molar-refractivity contribution in [1.82, 2.24) is 4.98 Å². The van der Waals surface area contributed by atoms with Crippen molar-refractivity contribution in [2.24, 2.45) is 52.7 Å². The Morgan fingerprint density at radius 2 is 1.07 bits per heavy atom. The number of fused-ring (bicyclic) bond motifs is 1. The minimum Gasteiger partial charge on any atom is -0.400 e. The molecule has 10 atom stereocenters. The number of carbonyl (C=O) groups excluding carboxylic acids is 2. The van der Waals surface area contributed by atoms with Crippen molar-refractivity contribution < 1.29 is 69.8 Å². The maximum absolute atomic E-state index is 13.8. The van der Waals surface area contributed by atoms with Crippen molar-refractivity contribution in [2.45, 2.75) is 214 Å². The number of allylic oxidation sites excluding steroid dienone is 6. The average Bonchev–Trinajstić information content (AvgIpc) is 1.58. The molecule has 21 nitrogen and oxygen atoms in total. The molecule has 1 saturated heterocycles. The second-order valence-electron chi connectivity index (χ2n) is 34.4. The maximum Gasteiger partial charge on any atom is 0.490 e. The Hall–Kier alpha value is -9.40. The number of rotatable bonds is 19. The van der Waals surface area contributed by atoms with E-state index in [1.165, 1.54) is 65.2 Å². The zero-order chi connectivity index (χ0) is 94.5. The Morgan fingerprint density at radius 3 is 1.55 bits per heavy atom. The van der Waals surface area contributed by atoms with Gasteiger partial charge in [-0.25, -0.2) is 8.78 Å². The third-order valence-electron chi connectivity index (χ3n) is 22.8. The fraction of sp³-hybridized carbons (Fsp3) is 0.444. The zero-order valence-electron chi connectivity index (χ0n) is 75.5. The van der Waals surface area contributed by atoms with E-state index in [0.717, 1.165) is 134 Å². The highest BCUT2D eigenvalue weighted by Crippen LogP contribution is 2.44. The summed E-state index contributed by atoms with van der Waals surface area (Å²) in [6, 6.07) is 44.8. The fourth-order valence-corrected chi connectivity index (χ4v) is 16.8. The Bertz CT molecular complexity index is 4970. The molecule has 8 N–H and O–H groups in total. The van der Waals surface area contributed by atoms with E-state index in [0.29, 0.717) is 96.0 Å². The Kier molecular flexibility index (Phi) is 45.0. The number of aryl methyl sites for hydroxylation is 1. The number of hydrogen-bond acceptors (Lipinski definition) is 18. The summed E-state index contributed by atoms with van der Waals surface area (Å²) in [7, 11) is 1.33. The number of ketones is 2. The first-order valence-electron chi connectivity index (χ1n) is 43.5. The molecule has 0 amide bonds. The van der Waals surface area contributed by atoms with Gasteiger partial charge in [0.1, 0.15) is 17.2 Å². The van der Waals surface area contributed by atoms with Crippen LogP contribution in [0.25, 0.3) is 22.0 Å². The lowest BCUT2D eigenvalue weighted by molar-refractivity contribution is -0.387. The number of ether oxygens (including phenoxy) is 3. The van der Waals surface area contributed by atoms with Crippen molar-refractivity contribution in [1.29, 1.82) is 0 Å². The molecule has 2 saturated carbocycles. The number of benzene rings is 7. The van der Waals surface area contributed by atoms with Crippen molar-refractivity contribution >= 4 is 95.3 Å². The van der Waals surface area contributed by atoms with Crippen molar-refractivity contribution in [3.05, 3.63) is 298 Å². The Morgan fingerprint density at radius 1 is 0.578 bits per heavy atom. The lowest BCUT2D eigenvalue weighted by atomic mass is 9.70. The van der Waals surface area contributed by atoms with Crippen LogP contribution < -0.4 is 22.9 Å². The van der Waals surface area contributed by atoms with Crippen LogP contribution in [0.2, 0.25) is 0 Å². The number of pyridine rings is 1. The van der Waals surface area contributed by atoms with Gasteiger partial charge in [0.05, 0.1) is 38.3 Å². The molecule has 29 heteroatoms. The standard InChI is InChI=1S/C21H22FNO2.C16H19FN2.C13H21BO3.C13H19FN2.C13H12FNO3.C7H9N.C7H14O2.C6H3BrFNO2.C3H7BrO/c1-15-11-17(8-7-16-5-3-2-4-6-16)13-19(12-15)18-9-10-20(22)21(14-18)23(24)25;1-10-7-11(9-12(18)8-10)13-4-5-15(17)16-14(13)3-2-6-19-16;1-9-6-10(8-11(15)7-9)14-16-12(2,3)13(4,5)17-14;1-8-4-10(6-11(15)5-8)9-2-3-12(14)13(16)7-9;1-8-4-10(6-11(16)5-8)9-2-3-12(14)13(7-9)15(17)18;8-6-7-4-2-1-3-5-7;1-4-7(8-5-2)9-6-3;7-4-1-2-5(8)6(3-4)9(10)11;1-5-3-2-4/h2-6,9-10,13-15,17H,7-8,11-12H2,1H3;2-6,10-12H,7-9,18H2,1H3;8-9H,6-7H2,1-5H3;2-3,7-8,10-11H,4-6,15-16H2,1H3;2-3,6-8H,4-5H2,1H3;1-5H,6,8H2;4,7H,1,5-6H2,2-3H3;1-3H;2-3H2,1H3/t;10-,11+,12-;;;;;;;/m.1......./s1. The van der Waals surface area contributed by atoms with Crippen molar-refractivity contribution in [3.8, 4) is 0 Å². The van der Waals surface area contributed by atoms with Gasteiger partial charge in [-0.05, 0) is 283 Å². The second kappa shape index (κ2) is 53.7. The minimum atomic E-state index is -0.862. The van der Waals surface area contributed by atoms with Gasteiger partial charge < -0.3 is 46.5 Å². The molecule has 1 aliphatic heterocycles. The summed E-state index contributed by atoms with van der Waals surface area (Å²) in [6.07, 6.45) is 21.7. The number of nitro groups is 3. The molecule has 14 rings (SSSR count). The minimum absolute atomic E-state index is 0.00993. The van der Waals surface area contributed by atoms with Gasteiger partial charge in [-0.2, -0.15) is 13.2 Å². The summed E-state index contributed by atoms with van der Waals surface area (Å²) >= 11 is 6.18. The summed E-state index contributed by atoms with van der Waals surface area (Å²) < 4.78 is 93.5. The molecule has 7 unspecified atom stereocenters. The number of methoxy groups -OCH3 is 1. The van der Waals surface area contributed by atoms with Crippen LogP contribution in [0.1, 0.15) is 205 Å². The van der Waals surface area contributed by atoms with E-state index in [1.807, 2.05) is 109 Å². The number of hydrogen-bond donors (Lipinski definition) is 4. The van der Waals surface area contributed by atoms with Crippen LogP contribution in [-0.4, -0.2) is 100 Å². The number of nitrogen functional groups attached to an aromatic ring is 1. The van der Waals surface area contributed by atoms with E-state index < -0.39 is 49.3 Å².